The molecule has 0 saturated carbocycles. The Balaban J connectivity index is 1.68. The maximum absolute atomic E-state index is 13.5. The monoisotopic (exact) mass is 458 g/mol. The van der Waals surface area contributed by atoms with Gasteiger partial charge in [-0.15, -0.1) is 0 Å². The summed E-state index contributed by atoms with van der Waals surface area (Å²) in [6.07, 6.45) is 2.39. The van der Waals surface area contributed by atoms with Crippen LogP contribution in [0.4, 0.5) is 5.69 Å². The third-order valence-electron chi connectivity index (χ3n) is 5.83. The number of carbonyl (C=O) groups excluding carboxylic acids is 1. The second-order valence-electron chi connectivity index (χ2n) is 8.57. The van der Waals surface area contributed by atoms with Crippen molar-refractivity contribution >= 4 is 34.5 Å². The summed E-state index contributed by atoms with van der Waals surface area (Å²) in [6, 6.07) is 16.1. The van der Waals surface area contributed by atoms with Crippen LogP contribution in [0.5, 0.6) is 0 Å². The number of fused-ring (bicyclic) bond motifs is 1. The van der Waals surface area contributed by atoms with Crippen LogP contribution in [-0.2, 0) is 10.5 Å². The van der Waals surface area contributed by atoms with Crippen molar-refractivity contribution in [3.8, 4) is 0 Å². The summed E-state index contributed by atoms with van der Waals surface area (Å²) < 4.78 is 2.00. The van der Waals surface area contributed by atoms with E-state index in [2.05, 4.69) is 60.5 Å². The number of hydrogen-bond acceptors (Lipinski definition) is 4. The first-order valence-corrected chi connectivity index (χ1v) is 12.3. The van der Waals surface area contributed by atoms with E-state index in [0.29, 0.717) is 6.42 Å². The average molecular weight is 459 g/mol. The Hall–Kier alpha value is -3.12. The van der Waals surface area contributed by atoms with Crippen LogP contribution < -0.4 is 5.32 Å². The lowest BCUT2D eigenvalue weighted by molar-refractivity contribution is -0.119. The van der Waals surface area contributed by atoms with Crippen molar-refractivity contribution in [2.45, 2.75) is 58.0 Å². The SMILES string of the molecule is CCC(C(=O)Nc1c(C)cc(C)cc1C)n1c(SCc2ccc(C)cc2)nc2cccnc21. The lowest BCUT2D eigenvalue weighted by atomic mass is 10.0. The van der Waals surface area contributed by atoms with E-state index in [1.807, 2.05) is 37.5 Å². The highest BCUT2D eigenvalue weighted by Crippen LogP contribution is 2.32. The van der Waals surface area contributed by atoms with Gasteiger partial charge in [0.15, 0.2) is 10.8 Å². The Bertz CT molecular complexity index is 1270. The number of hydrogen-bond donors (Lipinski definition) is 1. The number of pyridine rings is 1. The molecule has 33 heavy (non-hydrogen) atoms. The molecule has 0 saturated heterocycles. The number of carbonyl (C=O) groups is 1. The number of nitrogens with one attached hydrogen (secondary N) is 1. The quantitative estimate of drug-likeness (QED) is 0.319. The zero-order valence-corrected chi connectivity index (χ0v) is 20.7. The Kier molecular flexibility index (Phi) is 6.84. The molecule has 0 spiro atoms. The molecular formula is C27H30N4OS. The van der Waals surface area contributed by atoms with Crippen LogP contribution in [0.25, 0.3) is 11.2 Å². The van der Waals surface area contributed by atoms with Gasteiger partial charge in [0.05, 0.1) is 0 Å². The number of imidazole rings is 1. The van der Waals surface area contributed by atoms with Crippen molar-refractivity contribution in [2.24, 2.45) is 0 Å². The zero-order chi connectivity index (χ0) is 23.5. The summed E-state index contributed by atoms with van der Waals surface area (Å²) in [5.41, 5.74) is 8.22. The van der Waals surface area contributed by atoms with Crippen LogP contribution >= 0.6 is 11.8 Å². The molecule has 1 N–H and O–H groups in total. The van der Waals surface area contributed by atoms with Crippen molar-refractivity contribution in [1.82, 2.24) is 14.5 Å². The molecule has 4 aromatic rings. The molecule has 170 valence electrons. The van der Waals surface area contributed by atoms with Gasteiger partial charge in [0.2, 0.25) is 5.91 Å². The molecular weight excluding hydrogens is 428 g/mol. The van der Waals surface area contributed by atoms with Crippen molar-refractivity contribution < 1.29 is 4.79 Å². The van der Waals surface area contributed by atoms with Crippen LogP contribution in [0.15, 0.2) is 59.9 Å². The molecule has 2 heterocycles. The fourth-order valence-corrected chi connectivity index (χ4v) is 5.20. The molecule has 0 radical (unpaired) electrons. The minimum Gasteiger partial charge on any atom is -0.324 e. The maximum Gasteiger partial charge on any atom is 0.247 e. The number of nitrogens with zero attached hydrogens (tertiary/aromatic N) is 3. The highest BCUT2D eigenvalue weighted by molar-refractivity contribution is 7.98. The van der Waals surface area contributed by atoms with Gasteiger partial charge in [0, 0.05) is 17.6 Å². The maximum atomic E-state index is 13.5. The highest BCUT2D eigenvalue weighted by atomic mass is 32.2. The van der Waals surface area contributed by atoms with E-state index in [1.54, 1.807) is 18.0 Å². The third-order valence-corrected chi connectivity index (χ3v) is 6.86. The molecule has 1 amide bonds. The van der Waals surface area contributed by atoms with E-state index in [-0.39, 0.29) is 5.91 Å². The number of aryl methyl sites for hydroxylation is 4. The number of anilines is 1. The van der Waals surface area contributed by atoms with Gasteiger partial charge < -0.3 is 5.32 Å². The first kappa shape index (κ1) is 23.1. The first-order chi connectivity index (χ1) is 15.9. The number of benzene rings is 2. The highest BCUT2D eigenvalue weighted by Gasteiger charge is 2.26. The second-order valence-corrected chi connectivity index (χ2v) is 9.51. The smallest absolute Gasteiger partial charge is 0.247 e. The van der Waals surface area contributed by atoms with Crippen LogP contribution in [0.2, 0.25) is 0 Å². The topological polar surface area (TPSA) is 59.8 Å². The van der Waals surface area contributed by atoms with E-state index < -0.39 is 6.04 Å². The summed E-state index contributed by atoms with van der Waals surface area (Å²) in [6.45, 7) is 10.3. The van der Waals surface area contributed by atoms with E-state index in [4.69, 9.17) is 4.98 Å². The average Bonchev–Trinajstić information content (AvgIpc) is 3.15. The summed E-state index contributed by atoms with van der Waals surface area (Å²) in [5, 5.41) is 4.00. The van der Waals surface area contributed by atoms with Crippen molar-refractivity contribution in [3.05, 3.63) is 82.5 Å². The largest absolute Gasteiger partial charge is 0.324 e. The summed E-state index contributed by atoms with van der Waals surface area (Å²) in [7, 11) is 0. The Morgan fingerprint density at radius 3 is 2.39 bits per heavy atom. The first-order valence-electron chi connectivity index (χ1n) is 11.3. The number of aromatic nitrogens is 3. The normalized spacial score (nSPS) is 12.2. The van der Waals surface area contributed by atoms with E-state index in [9.17, 15) is 4.79 Å². The zero-order valence-electron chi connectivity index (χ0n) is 19.8. The van der Waals surface area contributed by atoms with Crippen LogP contribution in [0, 0.1) is 27.7 Å². The van der Waals surface area contributed by atoms with Gasteiger partial charge >= 0.3 is 0 Å². The van der Waals surface area contributed by atoms with Gasteiger partial charge in [-0.1, -0.05) is 66.2 Å². The number of rotatable bonds is 7. The molecule has 4 rings (SSSR count). The second kappa shape index (κ2) is 9.79. The standard InChI is InChI=1S/C27H30N4OS/c1-6-23(26(32)30-24-19(4)14-18(3)15-20(24)5)31-25-22(8-7-13-28-25)29-27(31)33-16-21-11-9-17(2)10-12-21/h7-15,23H,6,16H2,1-5H3,(H,30,32). The number of thioether (sulfide) groups is 1. The molecule has 5 nitrogen and oxygen atoms in total. The van der Waals surface area contributed by atoms with E-state index >= 15 is 0 Å². The molecule has 2 aromatic carbocycles. The molecule has 0 aliphatic heterocycles. The minimum absolute atomic E-state index is 0.0466. The van der Waals surface area contributed by atoms with Gasteiger partial charge in [-0.3, -0.25) is 9.36 Å². The van der Waals surface area contributed by atoms with Crippen molar-refractivity contribution in [1.29, 1.82) is 0 Å². The van der Waals surface area contributed by atoms with Gasteiger partial charge in [0.25, 0.3) is 0 Å². The Morgan fingerprint density at radius 2 is 1.73 bits per heavy atom. The molecule has 6 heteroatoms. The van der Waals surface area contributed by atoms with Crippen molar-refractivity contribution in [2.75, 3.05) is 5.32 Å². The fraction of sp³-hybridized carbons (Fsp3) is 0.296. The summed E-state index contributed by atoms with van der Waals surface area (Å²) >= 11 is 1.64. The molecule has 0 fully saturated rings. The van der Waals surface area contributed by atoms with Gasteiger partial charge in [-0.05, 0) is 62.9 Å². The molecule has 1 unspecified atom stereocenters. The minimum atomic E-state index is -0.412. The van der Waals surface area contributed by atoms with Crippen LogP contribution in [0.1, 0.15) is 47.2 Å². The van der Waals surface area contributed by atoms with Crippen molar-refractivity contribution in [3.63, 3.8) is 0 Å². The van der Waals surface area contributed by atoms with E-state index in [0.717, 1.165) is 38.9 Å². The molecule has 2 aromatic heterocycles. The third kappa shape index (κ3) is 4.96. The Labute approximate surface area is 199 Å². The van der Waals surface area contributed by atoms with Gasteiger partial charge in [-0.25, -0.2) is 9.97 Å². The lowest BCUT2D eigenvalue weighted by Gasteiger charge is -2.21. The molecule has 0 bridgehead atoms. The molecule has 0 aliphatic rings. The molecule has 1 atom stereocenters. The van der Waals surface area contributed by atoms with Crippen LogP contribution in [0.3, 0.4) is 0 Å². The number of amides is 1. The summed E-state index contributed by atoms with van der Waals surface area (Å²) in [5.74, 6) is 0.729. The predicted molar refractivity (Wildman–Crippen MR) is 137 cm³/mol. The fourth-order valence-electron chi connectivity index (χ4n) is 4.19. The van der Waals surface area contributed by atoms with E-state index in [1.165, 1.54) is 16.7 Å². The predicted octanol–water partition coefficient (Wildman–Crippen LogP) is 6.55. The van der Waals surface area contributed by atoms with Gasteiger partial charge in [0.1, 0.15) is 11.6 Å². The van der Waals surface area contributed by atoms with Crippen LogP contribution in [-0.4, -0.2) is 20.4 Å². The van der Waals surface area contributed by atoms with Gasteiger partial charge in [-0.2, -0.15) is 0 Å². The lowest BCUT2D eigenvalue weighted by Crippen LogP contribution is -2.27. The molecule has 0 aliphatic carbocycles. The summed E-state index contributed by atoms with van der Waals surface area (Å²) in [4.78, 5) is 23.0. The Morgan fingerprint density at radius 1 is 1.03 bits per heavy atom.